The minimum Gasteiger partial charge on any atom is -0.341 e. The first-order valence-electron chi connectivity index (χ1n) is 6.54. The second-order valence-corrected chi connectivity index (χ2v) is 5.01. The normalized spacial score (nSPS) is 12.4. The Labute approximate surface area is 114 Å². The summed E-state index contributed by atoms with van der Waals surface area (Å²) in [5.41, 5.74) is 6.67. The summed E-state index contributed by atoms with van der Waals surface area (Å²) in [6.07, 6.45) is 0. The molecular formula is C16H20N2O. The molecule has 2 aromatic rings. The van der Waals surface area contributed by atoms with Crippen molar-refractivity contribution in [3.05, 3.63) is 48.0 Å². The number of nitrogens with two attached hydrogens (primary N) is 1. The largest absolute Gasteiger partial charge is 0.341 e. The van der Waals surface area contributed by atoms with Crippen molar-refractivity contribution in [3.63, 3.8) is 0 Å². The number of hydrogen-bond donors (Lipinski definition) is 1. The van der Waals surface area contributed by atoms with E-state index in [1.807, 2.05) is 26.1 Å². The lowest BCUT2D eigenvalue weighted by atomic mass is 10.1. The average Bonchev–Trinajstić information content (AvgIpc) is 2.45. The van der Waals surface area contributed by atoms with E-state index in [1.54, 1.807) is 4.90 Å². The van der Waals surface area contributed by atoms with E-state index in [1.165, 1.54) is 10.8 Å². The molecule has 19 heavy (non-hydrogen) atoms. The quantitative estimate of drug-likeness (QED) is 0.913. The van der Waals surface area contributed by atoms with Gasteiger partial charge in [-0.2, -0.15) is 0 Å². The number of hydrogen-bond acceptors (Lipinski definition) is 2. The van der Waals surface area contributed by atoms with Crippen molar-refractivity contribution in [2.75, 3.05) is 13.6 Å². The third kappa shape index (κ3) is 3.12. The van der Waals surface area contributed by atoms with Crippen LogP contribution in [0.25, 0.3) is 10.8 Å². The third-order valence-electron chi connectivity index (χ3n) is 3.38. The van der Waals surface area contributed by atoms with E-state index in [-0.39, 0.29) is 11.8 Å². The number of carbonyl (C=O) groups excluding carboxylic acids is 1. The Morgan fingerprint density at radius 3 is 2.58 bits per heavy atom. The van der Waals surface area contributed by atoms with Gasteiger partial charge in [0.15, 0.2) is 0 Å². The Balaban J connectivity index is 2.15. The maximum Gasteiger partial charge on any atom is 0.226 e. The molecule has 0 radical (unpaired) electrons. The first kappa shape index (κ1) is 13.6. The highest BCUT2D eigenvalue weighted by Crippen LogP contribution is 2.17. The molecule has 0 aliphatic heterocycles. The van der Waals surface area contributed by atoms with Crippen molar-refractivity contribution in [1.82, 2.24) is 4.90 Å². The summed E-state index contributed by atoms with van der Waals surface area (Å²) in [5.74, 6) is -0.0267. The Morgan fingerprint density at radius 2 is 1.89 bits per heavy atom. The topological polar surface area (TPSA) is 46.3 Å². The summed E-state index contributed by atoms with van der Waals surface area (Å²) in [7, 11) is 1.82. The monoisotopic (exact) mass is 256 g/mol. The van der Waals surface area contributed by atoms with Gasteiger partial charge in [-0.3, -0.25) is 4.79 Å². The van der Waals surface area contributed by atoms with Gasteiger partial charge >= 0.3 is 0 Å². The van der Waals surface area contributed by atoms with Crippen LogP contribution in [0.3, 0.4) is 0 Å². The molecule has 0 aromatic heterocycles. The predicted octanol–water partition coefficient (Wildman–Crippen LogP) is 2.39. The number of amides is 1. The lowest BCUT2D eigenvalue weighted by Crippen LogP contribution is -2.34. The smallest absolute Gasteiger partial charge is 0.226 e. The number of carbonyl (C=O) groups is 1. The number of rotatable bonds is 4. The Hall–Kier alpha value is -1.87. The van der Waals surface area contributed by atoms with Crippen molar-refractivity contribution in [2.24, 2.45) is 11.7 Å². The number of nitrogens with zero attached hydrogens (tertiary/aromatic N) is 1. The van der Waals surface area contributed by atoms with Gasteiger partial charge in [-0.25, -0.2) is 0 Å². The minimum absolute atomic E-state index is 0.0932. The van der Waals surface area contributed by atoms with E-state index >= 15 is 0 Å². The molecule has 1 unspecified atom stereocenters. The van der Waals surface area contributed by atoms with Crippen LogP contribution in [0.4, 0.5) is 0 Å². The molecule has 0 heterocycles. The summed E-state index contributed by atoms with van der Waals surface area (Å²) in [4.78, 5) is 13.7. The zero-order valence-electron chi connectivity index (χ0n) is 11.5. The van der Waals surface area contributed by atoms with E-state index in [0.717, 1.165) is 5.56 Å². The van der Waals surface area contributed by atoms with Gasteiger partial charge in [0.1, 0.15) is 0 Å². The van der Waals surface area contributed by atoms with Gasteiger partial charge in [-0.05, 0) is 22.4 Å². The summed E-state index contributed by atoms with van der Waals surface area (Å²) in [6.45, 7) is 2.87. The fraction of sp³-hybridized carbons (Fsp3) is 0.312. The Kier molecular flexibility index (Phi) is 4.17. The average molecular weight is 256 g/mol. The van der Waals surface area contributed by atoms with Crippen molar-refractivity contribution in [3.8, 4) is 0 Å². The molecule has 0 fully saturated rings. The van der Waals surface area contributed by atoms with Gasteiger partial charge < -0.3 is 10.6 Å². The van der Waals surface area contributed by atoms with Gasteiger partial charge in [-0.1, -0.05) is 43.3 Å². The van der Waals surface area contributed by atoms with E-state index in [0.29, 0.717) is 13.1 Å². The first-order valence-corrected chi connectivity index (χ1v) is 6.54. The molecule has 2 aromatic carbocycles. The van der Waals surface area contributed by atoms with Crippen LogP contribution in [0.2, 0.25) is 0 Å². The van der Waals surface area contributed by atoms with Gasteiger partial charge in [-0.15, -0.1) is 0 Å². The van der Waals surface area contributed by atoms with Crippen LogP contribution in [0.1, 0.15) is 12.5 Å². The van der Waals surface area contributed by atoms with Gasteiger partial charge in [0.25, 0.3) is 0 Å². The van der Waals surface area contributed by atoms with Crippen LogP contribution < -0.4 is 5.73 Å². The molecule has 2 N–H and O–H groups in total. The third-order valence-corrected chi connectivity index (χ3v) is 3.38. The highest BCUT2D eigenvalue weighted by molar-refractivity contribution is 5.83. The summed E-state index contributed by atoms with van der Waals surface area (Å²) in [6, 6.07) is 14.5. The molecule has 1 amide bonds. The van der Waals surface area contributed by atoms with Gasteiger partial charge in [0.05, 0.1) is 0 Å². The maximum absolute atomic E-state index is 12.0. The number of benzene rings is 2. The molecule has 0 aliphatic rings. The van der Waals surface area contributed by atoms with Crippen LogP contribution in [0.5, 0.6) is 0 Å². The molecule has 0 spiro atoms. The van der Waals surface area contributed by atoms with Crippen molar-refractivity contribution in [1.29, 1.82) is 0 Å². The molecule has 100 valence electrons. The molecule has 0 saturated heterocycles. The molecule has 2 rings (SSSR count). The Bertz CT molecular complexity index is 580. The fourth-order valence-corrected chi connectivity index (χ4v) is 2.17. The zero-order valence-corrected chi connectivity index (χ0v) is 11.5. The first-order chi connectivity index (χ1) is 9.11. The van der Waals surface area contributed by atoms with E-state index in [4.69, 9.17) is 5.73 Å². The van der Waals surface area contributed by atoms with Crippen molar-refractivity contribution in [2.45, 2.75) is 13.5 Å². The minimum atomic E-state index is -0.120. The maximum atomic E-state index is 12.0. The summed E-state index contributed by atoms with van der Waals surface area (Å²) < 4.78 is 0. The highest BCUT2D eigenvalue weighted by atomic mass is 16.2. The van der Waals surface area contributed by atoms with Crippen molar-refractivity contribution < 1.29 is 4.79 Å². The van der Waals surface area contributed by atoms with E-state index < -0.39 is 0 Å². The second-order valence-electron chi connectivity index (χ2n) is 5.01. The molecule has 0 aliphatic carbocycles. The van der Waals surface area contributed by atoms with Crippen LogP contribution in [-0.2, 0) is 11.3 Å². The van der Waals surface area contributed by atoms with Crippen LogP contribution >= 0.6 is 0 Å². The standard InChI is InChI=1S/C16H20N2O/c1-12(10-17)16(19)18(2)11-13-7-8-14-5-3-4-6-15(14)9-13/h3-9,12H,10-11,17H2,1-2H3. The SMILES string of the molecule is CC(CN)C(=O)N(C)Cc1ccc2ccccc2c1. The summed E-state index contributed by atoms with van der Waals surface area (Å²) in [5, 5.41) is 2.42. The van der Waals surface area contributed by atoms with Crippen LogP contribution in [0.15, 0.2) is 42.5 Å². The second kappa shape index (κ2) is 5.85. The summed E-state index contributed by atoms with van der Waals surface area (Å²) >= 11 is 0. The zero-order chi connectivity index (χ0) is 13.8. The molecular weight excluding hydrogens is 236 g/mol. The van der Waals surface area contributed by atoms with Crippen LogP contribution in [-0.4, -0.2) is 24.4 Å². The number of fused-ring (bicyclic) bond motifs is 1. The van der Waals surface area contributed by atoms with E-state index in [2.05, 4.69) is 30.3 Å². The molecule has 0 bridgehead atoms. The molecule has 0 saturated carbocycles. The molecule has 1 atom stereocenters. The molecule has 3 heteroatoms. The van der Waals surface area contributed by atoms with E-state index in [9.17, 15) is 4.79 Å². The predicted molar refractivity (Wildman–Crippen MR) is 78.6 cm³/mol. The van der Waals surface area contributed by atoms with Crippen molar-refractivity contribution >= 4 is 16.7 Å². The fourth-order valence-electron chi connectivity index (χ4n) is 2.17. The van der Waals surface area contributed by atoms with Crippen LogP contribution in [0, 0.1) is 5.92 Å². The lowest BCUT2D eigenvalue weighted by molar-refractivity contribution is -0.133. The molecule has 3 nitrogen and oxygen atoms in total. The van der Waals surface area contributed by atoms with Gasteiger partial charge in [0, 0.05) is 26.1 Å². The lowest BCUT2D eigenvalue weighted by Gasteiger charge is -2.20. The Morgan fingerprint density at radius 1 is 1.21 bits per heavy atom. The highest BCUT2D eigenvalue weighted by Gasteiger charge is 2.15. The van der Waals surface area contributed by atoms with Gasteiger partial charge in [0.2, 0.25) is 5.91 Å².